The molecule has 0 spiro atoms. The van der Waals surface area contributed by atoms with Crippen LogP contribution < -0.4 is 18.9 Å². The number of carbonyl (C=O) groups is 8. The van der Waals surface area contributed by atoms with Crippen LogP contribution in [0.15, 0.2) is 48.5 Å². The van der Waals surface area contributed by atoms with Crippen LogP contribution in [-0.2, 0) is 63.8 Å². The van der Waals surface area contributed by atoms with Gasteiger partial charge in [-0.15, -0.1) is 0 Å². The molecule has 0 fully saturated rings. The highest BCUT2D eigenvalue weighted by Crippen LogP contribution is 2.41. The van der Waals surface area contributed by atoms with Gasteiger partial charge in [-0.3, -0.25) is 19.2 Å². The average Bonchev–Trinajstić information content (AvgIpc) is 3.36. The number of hydrogen-bond acceptors (Lipinski definition) is 16. The van der Waals surface area contributed by atoms with Crippen molar-refractivity contribution < 1.29 is 76.3 Å². The van der Waals surface area contributed by atoms with E-state index in [-0.39, 0.29) is 97.5 Å². The number of esters is 4. The normalized spacial score (nSPS) is 11.7. The largest absolute Gasteiger partial charge is 0.481 e. The molecule has 0 amide bonds. The number of methoxy groups -OCH3 is 4. The monoisotopic (exact) mass is 992 g/mol. The minimum absolute atomic E-state index is 0.106. The van der Waals surface area contributed by atoms with E-state index in [0.29, 0.717) is 92.4 Å². The molecule has 5 rings (SSSR count). The van der Waals surface area contributed by atoms with Crippen molar-refractivity contribution in [3.05, 3.63) is 115 Å². The lowest BCUT2D eigenvalue weighted by atomic mass is 9.86. The molecule has 1 aliphatic carbocycles. The van der Waals surface area contributed by atoms with Gasteiger partial charge in [0.2, 0.25) is 0 Å². The van der Waals surface area contributed by atoms with Gasteiger partial charge in [-0.05, 0) is 119 Å². The molecular formula is C56H64O16. The fourth-order valence-corrected chi connectivity index (χ4v) is 8.52. The van der Waals surface area contributed by atoms with E-state index < -0.39 is 50.3 Å². The number of ketones is 4. The standard InChI is InChI=1S/C56H64O16/c1-9-13-45(57)33-17-37-25-39-19-34(46(58)14-10-2)21-41(54(39)70-30-50(62)66-6)27-43-23-36(48(60)16-12-4)24-44(56(43)72-32-52(64)68-8)28-42-22-35(47(59)15-11-3)20-40(55(42)71-31-51(63)67-7)26-38(18-33)53(37)69-29-49(61)65-5/h17-24H,9-16,25-32H2,1-8H3. The maximum atomic E-state index is 14.0. The predicted molar refractivity (Wildman–Crippen MR) is 264 cm³/mol. The van der Waals surface area contributed by atoms with Crippen LogP contribution in [-0.4, -0.2) is 102 Å². The number of fused-ring (bicyclic) bond motifs is 8. The van der Waals surface area contributed by atoms with Gasteiger partial charge in [0, 0.05) is 73.6 Å². The summed E-state index contributed by atoms with van der Waals surface area (Å²) >= 11 is 0. The number of hydrogen-bond donors (Lipinski definition) is 0. The molecule has 8 bridgehead atoms. The molecule has 0 aliphatic heterocycles. The Hall–Kier alpha value is -7.36. The molecule has 0 aromatic heterocycles. The molecule has 4 aromatic carbocycles. The molecule has 0 heterocycles. The third kappa shape index (κ3) is 14.4. The lowest BCUT2D eigenvalue weighted by Gasteiger charge is -2.24. The van der Waals surface area contributed by atoms with Gasteiger partial charge >= 0.3 is 23.9 Å². The highest BCUT2D eigenvalue weighted by Gasteiger charge is 2.28. The van der Waals surface area contributed by atoms with Gasteiger partial charge < -0.3 is 37.9 Å². The minimum Gasteiger partial charge on any atom is -0.481 e. The van der Waals surface area contributed by atoms with E-state index in [1.54, 1.807) is 48.5 Å². The van der Waals surface area contributed by atoms with Crippen molar-refractivity contribution in [3.8, 4) is 23.0 Å². The smallest absolute Gasteiger partial charge is 0.343 e. The van der Waals surface area contributed by atoms with E-state index in [4.69, 9.17) is 37.9 Å². The molecule has 72 heavy (non-hydrogen) atoms. The Morgan fingerprint density at radius 2 is 0.486 bits per heavy atom. The predicted octanol–water partition coefficient (Wildman–Crippen LogP) is 8.50. The summed E-state index contributed by atoms with van der Waals surface area (Å²) in [5.41, 5.74) is 4.22. The maximum absolute atomic E-state index is 14.0. The highest BCUT2D eigenvalue weighted by molar-refractivity contribution is 5.99. The molecule has 0 saturated heterocycles. The van der Waals surface area contributed by atoms with Crippen LogP contribution in [0.4, 0.5) is 0 Å². The Morgan fingerprint density at radius 3 is 0.625 bits per heavy atom. The Labute approximate surface area is 419 Å². The molecule has 0 unspecified atom stereocenters. The third-order valence-electron chi connectivity index (χ3n) is 11.9. The Kier molecular flexibility index (Phi) is 20.6. The highest BCUT2D eigenvalue weighted by atomic mass is 16.6. The second-order valence-electron chi connectivity index (χ2n) is 17.4. The van der Waals surface area contributed by atoms with Gasteiger partial charge in [0.05, 0.1) is 28.4 Å². The summed E-state index contributed by atoms with van der Waals surface area (Å²) in [5.74, 6) is -3.00. The lowest BCUT2D eigenvalue weighted by molar-refractivity contribution is -0.143. The molecule has 1 aliphatic rings. The van der Waals surface area contributed by atoms with Crippen LogP contribution in [0.3, 0.4) is 0 Å². The summed E-state index contributed by atoms with van der Waals surface area (Å²) < 4.78 is 45.4. The summed E-state index contributed by atoms with van der Waals surface area (Å²) in [6.07, 6.45) is 2.39. The van der Waals surface area contributed by atoms with E-state index in [0.717, 1.165) is 0 Å². The van der Waals surface area contributed by atoms with Gasteiger partial charge in [-0.25, -0.2) is 19.2 Å². The van der Waals surface area contributed by atoms with Gasteiger partial charge in [0.15, 0.2) is 49.6 Å². The fourth-order valence-electron chi connectivity index (χ4n) is 8.52. The zero-order chi connectivity index (χ0) is 52.5. The van der Waals surface area contributed by atoms with Crippen LogP contribution in [0.25, 0.3) is 0 Å². The maximum Gasteiger partial charge on any atom is 0.343 e. The Bertz CT molecular complexity index is 2240. The Balaban J connectivity index is 2.06. The number of Topliss-reactive ketones (excluding diaryl/α,β-unsaturated/α-hetero) is 4. The third-order valence-corrected chi connectivity index (χ3v) is 11.9. The minimum atomic E-state index is -0.712. The second-order valence-corrected chi connectivity index (χ2v) is 17.4. The van der Waals surface area contributed by atoms with Crippen LogP contribution in [0.5, 0.6) is 23.0 Å². The first-order chi connectivity index (χ1) is 34.6. The van der Waals surface area contributed by atoms with Crippen molar-refractivity contribution in [2.24, 2.45) is 0 Å². The summed E-state index contributed by atoms with van der Waals surface area (Å²) in [7, 11) is 4.85. The van der Waals surface area contributed by atoms with Gasteiger partial charge in [-0.2, -0.15) is 0 Å². The molecule has 0 saturated carbocycles. The van der Waals surface area contributed by atoms with E-state index in [9.17, 15) is 38.4 Å². The first kappa shape index (κ1) is 55.6. The van der Waals surface area contributed by atoms with E-state index in [2.05, 4.69) is 0 Å². The van der Waals surface area contributed by atoms with Gasteiger partial charge in [0.1, 0.15) is 23.0 Å². The van der Waals surface area contributed by atoms with Crippen molar-refractivity contribution in [2.45, 2.75) is 105 Å². The topological polar surface area (TPSA) is 210 Å². The number of rotatable bonds is 24. The SMILES string of the molecule is CCCC(=O)c1cc2c(OCC(=O)OC)c(c1)Cc1cc(C(=O)CCC)cc(c1OCC(=O)OC)Cc1cc(C(=O)CCC)cc(c1OCC(=O)OC)Cc1cc(C(=O)CCC)cc(c1OCC(=O)OC)C2. The molecule has 16 nitrogen and oxygen atoms in total. The molecule has 384 valence electrons. The van der Waals surface area contributed by atoms with E-state index in [1.165, 1.54) is 28.4 Å². The Morgan fingerprint density at radius 1 is 0.319 bits per heavy atom. The summed E-state index contributed by atoms with van der Waals surface area (Å²) in [5, 5.41) is 0. The van der Waals surface area contributed by atoms with Crippen LogP contribution in [0.1, 0.15) is 165 Å². The van der Waals surface area contributed by atoms with Gasteiger partial charge in [-0.1, -0.05) is 27.7 Å². The lowest BCUT2D eigenvalue weighted by Crippen LogP contribution is -2.18. The molecule has 16 heteroatoms. The summed E-state index contributed by atoms with van der Waals surface area (Å²) in [6, 6.07) is 13.2. The van der Waals surface area contributed by atoms with Crippen molar-refractivity contribution in [1.82, 2.24) is 0 Å². The summed E-state index contributed by atoms with van der Waals surface area (Å²) in [4.78, 5) is 108. The molecule has 0 radical (unpaired) electrons. The molecule has 0 atom stereocenters. The van der Waals surface area contributed by atoms with Crippen molar-refractivity contribution in [2.75, 3.05) is 54.9 Å². The number of benzene rings is 4. The van der Waals surface area contributed by atoms with Crippen LogP contribution in [0, 0.1) is 0 Å². The number of ether oxygens (including phenoxy) is 8. The van der Waals surface area contributed by atoms with Crippen LogP contribution >= 0.6 is 0 Å². The van der Waals surface area contributed by atoms with E-state index in [1.807, 2.05) is 27.7 Å². The molecule has 4 aromatic rings. The molecule has 0 N–H and O–H groups in total. The van der Waals surface area contributed by atoms with E-state index >= 15 is 0 Å². The van der Waals surface area contributed by atoms with Crippen LogP contribution in [0.2, 0.25) is 0 Å². The first-order valence-corrected chi connectivity index (χ1v) is 24.2. The quantitative estimate of drug-likeness (QED) is 0.0322. The van der Waals surface area contributed by atoms with Crippen molar-refractivity contribution in [3.63, 3.8) is 0 Å². The number of carbonyl (C=O) groups excluding carboxylic acids is 8. The van der Waals surface area contributed by atoms with Gasteiger partial charge in [0.25, 0.3) is 0 Å². The second kappa shape index (κ2) is 26.7. The first-order valence-electron chi connectivity index (χ1n) is 24.2. The molecular weight excluding hydrogens is 929 g/mol. The fraction of sp³-hybridized carbons (Fsp3) is 0.429. The van der Waals surface area contributed by atoms with Crippen molar-refractivity contribution in [1.29, 1.82) is 0 Å². The zero-order valence-corrected chi connectivity index (χ0v) is 42.5. The van der Waals surface area contributed by atoms with Crippen molar-refractivity contribution >= 4 is 47.0 Å². The zero-order valence-electron chi connectivity index (χ0n) is 42.5. The average molecular weight is 993 g/mol. The summed E-state index contributed by atoms with van der Waals surface area (Å²) in [6.45, 7) is 5.27.